The smallest absolute Gasteiger partial charge is 0.240 e. The van der Waals surface area contributed by atoms with Gasteiger partial charge in [0.25, 0.3) is 0 Å². The second-order valence-corrected chi connectivity index (χ2v) is 9.46. The van der Waals surface area contributed by atoms with Crippen molar-refractivity contribution < 1.29 is 18.3 Å². The maximum atomic E-state index is 12.5. The fourth-order valence-corrected chi connectivity index (χ4v) is 3.93. The van der Waals surface area contributed by atoms with Crippen LogP contribution in [0, 0.1) is 5.41 Å². The van der Waals surface area contributed by atoms with Crippen molar-refractivity contribution in [1.82, 2.24) is 9.62 Å². The molecule has 1 atom stereocenters. The van der Waals surface area contributed by atoms with Gasteiger partial charge in [-0.15, -0.1) is 0 Å². The van der Waals surface area contributed by atoms with Crippen molar-refractivity contribution >= 4 is 15.9 Å². The van der Waals surface area contributed by atoms with Crippen LogP contribution in [0.3, 0.4) is 0 Å². The topological polar surface area (TPSA) is 86.7 Å². The molecule has 2 rings (SSSR count). The molecule has 0 radical (unpaired) electrons. The van der Waals surface area contributed by atoms with E-state index in [-0.39, 0.29) is 17.3 Å². The highest BCUT2D eigenvalue weighted by Gasteiger charge is 2.30. The number of nitrogens with one attached hydrogen (secondary N) is 1. The number of aliphatic hydroxyl groups is 1. The molecule has 0 unspecified atom stereocenters. The number of nitrogens with zero attached hydrogens (tertiary/aromatic N) is 1. The predicted octanol–water partition coefficient (Wildman–Crippen LogP) is 1.67. The SMILES string of the molecule is C[C@@H](O)CCNS(=O)(=O)c1ccc2c(c1)CN(C(=O)C(C)(C)C)CC2. The second-order valence-electron chi connectivity index (χ2n) is 7.69. The summed E-state index contributed by atoms with van der Waals surface area (Å²) in [5.41, 5.74) is 1.51. The first-order chi connectivity index (χ1) is 11.5. The van der Waals surface area contributed by atoms with Crippen LogP contribution in [0.4, 0.5) is 0 Å². The Bertz CT molecular complexity index is 736. The third-order valence-corrected chi connectivity index (χ3v) is 5.74. The molecular weight excluding hydrogens is 340 g/mol. The average Bonchev–Trinajstić information content (AvgIpc) is 2.51. The molecule has 1 aromatic rings. The van der Waals surface area contributed by atoms with Gasteiger partial charge in [-0.2, -0.15) is 0 Å². The van der Waals surface area contributed by atoms with Crippen LogP contribution in [-0.4, -0.2) is 43.5 Å². The van der Waals surface area contributed by atoms with E-state index in [1.54, 1.807) is 24.0 Å². The van der Waals surface area contributed by atoms with E-state index in [1.807, 2.05) is 26.8 Å². The van der Waals surface area contributed by atoms with Gasteiger partial charge in [-0.05, 0) is 43.0 Å². The molecule has 1 amide bonds. The molecule has 0 spiro atoms. The van der Waals surface area contributed by atoms with Gasteiger partial charge in [-0.3, -0.25) is 4.79 Å². The van der Waals surface area contributed by atoms with Gasteiger partial charge in [-0.1, -0.05) is 26.8 Å². The molecule has 1 aliphatic heterocycles. The van der Waals surface area contributed by atoms with E-state index >= 15 is 0 Å². The van der Waals surface area contributed by atoms with Gasteiger partial charge in [0, 0.05) is 25.0 Å². The zero-order valence-corrected chi connectivity index (χ0v) is 16.2. The van der Waals surface area contributed by atoms with Crippen molar-refractivity contribution in [1.29, 1.82) is 0 Å². The first-order valence-electron chi connectivity index (χ1n) is 8.59. The number of carbonyl (C=O) groups is 1. The predicted molar refractivity (Wildman–Crippen MR) is 96.5 cm³/mol. The summed E-state index contributed by atoms with van der Waals surface area (Å²) in [6, 6.07) is 5.09. The Hall–Kier alpha value is -1.44. The number of hydrogen-bond donors (Lipinski definition) is 2. The Morgan fingerprint density at radius 2 is 2.00 bits per heavy atom. The number of carbonyl (C=O) groups excluding carboxylic acids is 1. The van der Waals surface area contributed by atoms with Crippen molar-refractivity contribution in [2.75, 3.05) is 13.1 Å². The molecule has 0 saturated heterocycles. The van der Waals surface area contributed by atoms with Crippen molar-refractivity contribution in [2.45, 2.75) is 58.1 Å². The second kappa shape index (κ2) is 7.43. The largest absolute Gasteiger partial charge is 0.393 e. The van der Waals surface area contributed by atoms with Gasteiger partial charge in [0.05, 0.1) is 11.0 Å². The van der Waals surface area contributed by atoms with E-state index in [4.69, 9.17) is 0 Å². The fraction of sp³-hybridized carbons (Fsp3) is 0.611. The lowest BCUT2D eigenvalue weighted by molar-refractivity contribution is -0.140. The van der Waals surface area contributed by atoms with Crippen LogP contribution in [0.15, 0.2) is 23.1 Å². The van der Waals surface area contributed by atoms with Crippen molar-refractivity contribution in [3.8, 4) is 0 Å². The normalized spacial score (nSPS) is 16.4. The average molecular weight is 368 g/mol. The van der Waals surface area contributed by atoms with E-state index in [0.29, 0.717) is 19.5 Å². The van der Waals surface area contributed by atoms with Crippen LogP contribution < -0.4 is 4.72 Å². The lowest BCUT2D eigenvalue weighted by Crippen LogP contribution is -2.42. The summed E-state index contributed by atoms with van der Waals surface area (Å²) < 4.78 is 27.3. The molecule has 6 nitrogen and oxygen atoms in total. The molecule has 7 heteroatoms. The summed E-state index contributed by atoms with van der Waals surface area (Å²) in [6.45, 7) is 8.55. The fourth-order valence-electron chi connectivity index (χ4n) is 2.83. The molecule has 0 bridgehead atoms. The summed E-state index contributed by atoms with van der Waals surface area (Å²) >= 11 is 0. The van der Waals surface area contributed by atoms with E-state index < -0.39 is 21.5 Å². The summed E-state index contributed by atoms with van der Waals surface area (Å²) in [6.07, 6.45) is 0.536. The molecule has 2 N–H and O–H groups in total. The lowest BCUT2D eigenvalue weighted by atomic mass is 9.92. The van der Waals surface area contributed by atoms with E-state index in [9.17, 15) is 18.3 Å². The number of rotatable bonds is 5. The number of sulfonamides is 1. The lowest BCUT2D eigenvalue weighted by Gasteiger charge is -2.33. The first kappa shape index (κ1) is 19.9. The highest BCUT2D eigenvalue weighted by molar-refractivity contribution is 7.89. The van der Waals surface area contributed by atoms with E-state index in [1.165, 1.54) is 0 Å². The summed E-state index contributed by atoms with van der Waals surface area (Å²) in [5.74, 6) is 0.0708. The Labute approximate surface area is 150 Å². The number of benzene rings is 1. The standard InChI is InChI=1S/C18H28N2O4S/c1-13(21)7-9-19-25(23,24)16-6-5-14-8-10-20(12-15(14)11-16)17(22)18(2,3)4/h5-6,11,13,19,21H,7-10,12H2,1-4H3/t13-/m1/s1. The van der Waals surface area contributed by atoms with Crippen LogP contribution in [0.2, 0.25) is 0 Å². The summed E-state index contributed by atoms with van der Waals surface area (Å²) in [5, 5.41) is 9.25. The Morgan fingerprint density at radius 3 is 2.60 bits per heavy atom. The minimum absolute atomic E-state index is 0.0708. The molecule has 140 valence electrons. The molecule has 0 aromatic heterocycles. The molecule has 0 saturated carbocycles. The van der Waals surface area contributed by atoms with Gasteiger partial charge in [-0.25, -0.2) is 13.1 Å². The molecule has 1 heterocycles. The Morgan fingerprint density at radius 1 is 1.32 bits per heavy atom. The maximum Gasteiger partial charge on any atom is 0.240 e. The minimum atomic E-state index is -3.62. The minimum Gasteiger partial charge on any atom is -0.393 e. The van der Waals surface area contributed by atoms with Crippen LogP contribution in [0.1, 0.15) is 45.2 Å². The highest BCUT2D eigenvalue weighted by Crippen LogP contribution is 2.26. The van der Waals surface area contributed by atoms with Gasteiger partial charge in [0.1, 0.15) is 0 Å². The molecular formula is C18H28N2O4S. The van der Waals surface area contributed by atoms with Gasteiger partial charge in [0.15, 0.2) is 0 Å². The van der Waals surface area contributed by atoms with Gasteiger partial charge < -0.3 is 10.0 Å². The zero-order valence-electron chi connectivity index (χ0n) is 15.4. The van der Waals surface area contributed by atoms with Crippen molar-refractivity contribution in [3.63, 3.8) is 0 Å². The van der Waals surface area contributed by atoms with Crippen molar-refractivity contribution in [3.05, 3.63) is 29.3 Å². The molecule has 25 heavy (non-hydrogen) atoms. The van der Waals surface area contributed by atoms with E-state index in [0.717, 1.165) is 17.5 Å². The third-order valence-electron chi connectivity index (χ3n) is 4.28. The molecule has 1 aliphatic rings. The molecule has 0 aliphatic carbocycles. The number of amides is 1. The van der Waals surface area contributed by atoms with Crippen LogP contribution >= 0.6 is 0 Å². The van der Waals surface area contributed by atoms with Crippen LogP contribution in [-0.2, 0) is 27.8 Å². The third kappa shape index (κ3) is 5.03. The summed E-state index contributed by atoms with van der Waals surface area (Å²) in [7, 11) is -3.62. The van der Waals surface area contributed by atoms with Gasteiger partial charge in [0.2, 0.25) is 15.9 Å². The zero-order chi connectivity index (χ0) is 18.8. The molecule has 1 aromatic carbocycles. The molecule has 0 fully saturated rings. The maximum absolute atomic E-state index is 12.5. The van der Waals surface area contributed by atoms with Crippen LogP contribution in [0.5, 0.6) is 0 Å². The monoisotopic (exact) mass is 368 g/mol. The first-order valence-corrected chi connectivity index (χ1v) is 10.1. The van der Waals surface area contributed by atoms with Crippen molar-refractivity contribution in [2.24, 2.45) is 5.41 Å². The van der Waals surface area contributed by atoms with Gasteiger partial charge >= 0.3 is 0 Å². The summed E-state index contributed by atoms with van der Waals surface area (Å²) in [4.78, 5) is 14.5. The van der Waals surface area contributed by atoms with Crippen LogP contribution in [0.25, 0.3) is 0 Å². The quantitative estimate of drug-likeness (QED) is 0.828. The number of fused-ring (bicyclic) bond motifs is 1. The Balaban J connectivity index is 2.18. The number of aliphatic hydroxyl groups excluding tert-OH is 1. The highest BCUT2D eigenvalue weighted by atomic mass is 32.2. The number of hydrogen-bond acceptors (Lipinski definition) is 4. The Kier molecular flexibility index (Phi) is 5.91. The van der Waals surface area contributed by atoms with E-state index in [2.05, 4.69) is 4.72 Å².